The third-order valence-corrected chi connectivity index (χ3v) is 5.55. The zero-order valence-electron chi connectivity index (χ0n) is 13.4. The Hall–Kier alpha value is -2.21. The van der Waals surface area contributed by atoms with Crippen molar-refractivity contribution in [2.24, 2.45) is 0 Å². The topological polar surface area (TPSA) is 63.2 Å². The van der Waals surface area contributed by atoms with Crippen molar-refractivity contribution in [2.45, 2.75) is 30.7 Å². The van der Waals surface area contributed by atoms with Gasteiger partial charge in [0, 0.05) is 6.04 Å². The van der Waals surface area contributed by atoms with Crippen LogP contribution in [0.5, 0.6) is 0 Å². The molecule has 0 saturated carbocycles. The number of amides is 1. The van der Waals surface area contributed by atoms with Gasteiger partial charge in [-0.1, -0.05) is 37.3 Å². The van der Waals surface area contributed by atoms with Crippen LogP contribution in [-0.4, -0.2) is 26.1 Å². The SMILES string of the molecule is CC[C@@H](CCS(=O)(=O)c1ccccc1)NC(=O)c1ccccc1F. The van der Waals surface area contributed by atoms with Crippen LogP contribution in [0.4, 0.5) is 4.39 Å². The Kier molecular flexibility index (Phi) is 6.09. The average molecular weight is 349 g/mol. The molecule has 1 N–H and O–H groups in total. The van der Waals surface area contributed by atoms with Crippen molar-refractivity contribution in [1.29, 1.82) is 0 Å². The van der Waals surface area contributed by atoms with Crippen LogP contribution in [0.25, 0.3) is 0 Å². The van der Waals surface area contributed by atoms with Gasteiger partial charge >= 0.3 is 0 Å². The number of hydrogen-bond acceptors (Lipinski definition) is 3. The van der Waals surface area contributed by atoms with Crippen LogP contribution < -0.4 is 5.32 Å². The van der Waals surface area contributed by atoms with Crippen LogP contribution in [0.15, 0.2) is 59.5 Å². The Bertz CT molecular complexity index is 791. The number of benzene rings is 2. The summed E-state index contributed by atoms with van der Waals surface area (Å²) in [7, 11) is -3.40. The minimum atomic E-state index is -3.40. The molecule has 24 heavy (non-hydrogen) atoms. The first kappa shape index (κ1) is 18.1. The van der Waals surface area contributed by atoms with Gasteiger partial charge in [-0.15, -0.1) is 0 Å². The number of carbonyl (C=O) groups is 1. The van der Waals surface area contributed by atoms with Gasteiger partial charge in [-0.2, -0.15) is 0 Å². The quantitative estimate of drug-likeness (QED) is 0.835. The number of hydrogen-bond donors (Lipinski definition) is 1. The van der Waals surface area contributed by atoms with Crippen LogP contribution >= 0.6 is 0 Å². The number of sulfone groups is 1. The van der Waals surface area contributed by atoms with Crippen LogP contribution in [0.3, 0.4) is 0 Å². The second-order valence-corrected chi connectivity index (χ2v) is 7.59. The molecule has 0 bridgehead atoms. The summed E-state index contributed by atoms with van der Waals surface area (Å²) in [5, 5.41) is 2.70. The Morgan fingerprint density at radius 1 is 1.08 bits per heavy atom. The lowest BCUT2D eigenvalue weighted by Crippen LogP contribution is -2.36. The van der Waals surface area contributed by atoms with E-state index in [-0.39, 0.29) is 28.7 Å². The zero-order valence-corrected chi connectivity index (χ0v) is 14.2. The number of rotatable bonds is 7. The fourth-order valence-corrected chi connectivity index (χ4v) is 3.73. The minimum Gasteiger partial charge on any atom is -0.349 e. The van der Waals surface area contributed by atoms with E-state index in [0.717, 1.165) is 0 Å². The van der Waals surface area contributed by atoms with Gasteiger partial charge in [0.2, 0.25) is 0 Å². The highest BCUT2D eigenvalue weighted by Crippen LogP contribution is 2.14. The monoisotopic (exact) mass is 349 g/mol. The first-order chi connectivity index (χ1) is 11.4. The number of carbonyl (C=O) groups excluding carboxylic acids is 1. The van der Waals surface area contributed by atoms with E-state index in [2.05, 4.69) is 5.32 Å². The van der Waals surface area contributed by atoms with Crippen LogP contribution in [-0.2, 0) is 9.84 Å². The molecule has 2 rings (SSSR count). The summed E-state index contributed by atoms with van der Waals surface area (Å²) in [6.45, 7) is 1.85. The fraction of sp³-hybridized carbons (Fsp3) is 0.278. The van der Waals surface area contributed by atoms with Crippen molar-refractivity contribution in [3.05, 3.63) is 66.0 Å². The second-order valence-electron chi connectivity index (χ2n) is 5.48. The normalized spacial score (nSPS) is 12.6. The Balaban J connectivity index is 2.00. The lowest BCUT2D eigenvalue weighted by Gasteiger charge is -2.17. The van der Waals surface area contributed by atoms with E-state index in [9.17, 15) is 17.6 Å². The Morgan fingerprint density at radius 2 is 1.71 bits per heavy atom. The van der Waals surface area contributed by atoms with Crippen molar-refractivity contribution >= 4 is 15.7 Å². The lowest BCUT2D eigenvalue weighted by atomic mass is 10.1. The summed E-state index contributed by atoms with van der Waals surface area (Å²) < 4.78 is 38.2. The minimum absolute atomic E-state index is 0.0399. The van der Waals surface area contributed by atoms with Gasteiger partial charge in [-0.3, -0.25) is 4.79 Å². The predicted molar refractivity (Wildman–Crippen MR) is 91.1 cm³/mol. The summed E-state index contributed by atoms with van der Waals surface area (Å²) in [4.78, 5) is 12.4. The van der Waals surface area contributed by atoms with E-state index in [0.29, 0.717) is 6.42 Å². The molecule has 0 unspecified atom stereocenters. The largest absolute Gasteiger partial charge is 0.349 e. The maximum atomic E-state index is 13.6. The molecule has 0 aliphatic carbocycles. The molecule has 2 aromatic carbocycles. The molecule has 0 aliphatic heterocycles. The van der Waals surface area contributed by atoms with Crippen LogP contribution in [0.2, 0.25) is 0 Å². The van der Waals surface area contributed by atoms with E-state index >= 15 is 0 Å². The van der Waals surface area contributed by atoms with Crippen molar-refractivity contribution < 1.29 is 17.6 Å². The predicted octanol–water partition coefficient (Wildman–Crippen LogP) is 3.20. The molecule has 6 heteroatoms. The smallest absolute Gasteiger partial charge is 0.254 e. The molecule has 0 aliphatic rings. The summed E-state index contributed by atoms with van der Waals surface area (Å²) in [6.07, 6.45) is 0.832. The molecule has 0 spiro atoms. The summed E-state index contributed by atoms with van der Waals surface area (Å²) in [5.74, 6) is -1.20. The highest BCUT2D eigenvalue weighted by atomic mass is 32.2. The molecule has 0 saturated heterocycles. The molecule has 2 aromatic rings. The van der Waals surface area contributed by atoms with Gasteiger partial charge in [0.15, 0.2) is 9.84 Å². The van der Waals surface area contributed by atoms with Gasteiger partial charge in [-0.25, -0.2) is 12.8 Å². The van der Waals surface area contributed by atoms with Crippen LogP contribution in [0.1, 0.15) is 30.1 Å². The Morgan fingerprint density at radius 3 is 2.33 bits per heavy atom. The van der Waals surface area contributed by atoms with Gasteiger partial charge < -0.3 is 5.32 Å². The second kappa shape index (κ2) is 8.06. The third kappa shape index (κ3) is 4.64. The van der Waals surface area contributed by atoms with E-state index < -0.39 is 21.6 Å². The van der Waals surface area contributed by atoms with Crippen molar-refractivity contribution in [1.82, 2.24) is 5.32 Å². The standard InChI is InChI=1S/C18H20FNO3S/c1-2-14(20-18(21)16-10-6-7-11-17(16)19)12-13-24(22,23)15-8-4-3-5-9-15/h3-11,14H,2,12-13H2,1H3,(H,20,21)/t14-/m0/s1. The van der Waals surface area contributed by atoms with Crippen molar-refractivity contribution in [2.75, 3.05) is 5.75 Å². The van der Waals surface area contributed by atoms with Crippen molar-refractivity contribution in [3.63, 3.8) is 0 Å². The molecule has 0 aromatic heterocycles. The first-order valence-electron chi connectivity index (χ1n) is 7.77. The maximum absolute atomic E-state index is 13.6. The highest BCUT2D eigenvalue weighted by molar-refractivity contribution is 7.91. The third-order valence-electron chi connectivity index (χ3n) is 3.78. The van der Waals surface area contributed by atoms with Gasteiger partial charge in [0.05, 0.1) is 16.2 Å². The number of halogens is 1. The van der Waals surface area contributed by atoms with Crippen LogP contribution in [0, 0.1) is 5.82 Å². The van der Waals surface area contributed by atoms with E-state index in [1.54, 1.807) is 36.4 Å². The van der Waals surface area contributed by atoms with Gasteiger partial charge in [0.1, 0.15) is 5.82 Å². The van der Waals surface area contributed by atoms with E-state index in [1.165, 1.54) is 18.2 Å². The molecule has 4 nitrogen and oxygen atoms in total. The molecular formula is C18H20FNO3S. The zero-order chi connectivity index (χ0) is 17.6. The molecule has 0 fully saturated rings. The molecule has 1 atom stereocenters. The van der Waals surface area contributed by atoms with E-state index in [1.807, 2.05) is 6.92 Å². The fourth-order valence-electron chi connectivity index (χ4n) is 2.33. The Labute approximate surface area is 141 Å². The summed E-state index contributed by atoms with van der Waals surface area (Å²) in [5.41, 5.74) is -0.0399. The lowest BCUT2D eigenvalue weighted by molar-refractivity contribution is 0.0931. The number of nitrogens with one attached hydrogen (secondary N) is 1. The van der Waals surface area contributed by atoms with E-state index in [4.69, 9.17) is 0 Å². The van der Waals surface area contributed by atoms with Crippen molar-refractivity contribution in [3.8, 4) is 0 Å². The van der Waals surface area contributed by atoms with Gasteiger partial charge in [-0.05, 0) is 37.1 Å². The highest BCUT2D eigenvalue weighted by Gasteiger charge is 2.19. The molecule has 1 amide bonds. The first-order valence-corrected chi connectivity index (χ1v) is 9.42. The summed E-state index contributed by atoms with van der Waals surface area (Å²) in [6, 6.07) is 13.6. The molecule has 0 heterocycles. The summed E-state index contributed by atoms with van der Waals surface area (Å²) >= 11 is 0. The molecular weight excluding hydrogens is 329 g/mol. The molecule has 0 radical (unpaired) electrons. The average Bonchev–Trinajstić information content (AvgIpc) is 2.59. The molecule has 128 valence electrons. The maximum Gasteiger partial charge on any atom is 0.254 e. The van der Waals surface area contributed by atoms with Gasteiger partial charge in [0.25, 0.3) is 5.91 Å².